The van der Waals surface area contributed by atoms with Gasteiger partial charge in [0.05, 0.1) is 18.8 Å². The highest BCUT2D eigenvalue weighted by molar-refractivity contribution is 5.81. The van der Waals surface area contributed by atoms with E-state index in [4.69, 9.17) is 4.74 Å². The van der Waals surface area contributed by atoms with E-state index in [0.29, 0.717) is 30.5 Å². The fourth-order valence-electron chi connectivity index (χ4n) is 5.46. The molecule has 2 saturated carbocycles. The highest BCUT2D eigenvalue weighted by Crippen LogP contribution is 2.39. The molecule has 3 aliphatic rings. The smallest absolute Gasteiger partial charge is 0.226 e. The van der Waals surface area contributed by atoms with Crippen LogP contribution in [0.25, 0.3) is 0 Å². The molecule has 1 N–H and O–H groups in total. The Labute approximate surface area is 179 Å². The summed E-state index contributed by atoms with van der Waals surface area (Å²) >= 11 is 0. The summed E-state index contributed by atoms with van der Waals surface area (Å²) in [5.41, 5.74) is 2.61. The first kappa shape index (κ1) is 19.8. The third-order valence-corrected chi connectivity index (χ3v) is 7.36. The zero-order valence-electron chi connectivity index (χ0n) is 17.7. The number of ether oxygens (including phenoxy) is 1. The number of amides is 1. The van der Waals surface area contributed by atoms with Crippen LogP contribution in [0.5, 0.6) is 0 Å². The summed E-state index contributed by atoms with van der Waals surface area (Å²) in [6, 6.07) is 13.1. The van der Waals surface area contributed by atoms with Gasteiger partial charge in [0.2, 0.25) is 5.91 Å². The Morgan fingerprint density at radius 2 is 1.83 bits per heavy atom. The lowest BCUT2D eigenvalue weighted by Crippen LogP contribution is -2.51. The number of nitrogens with zero attached hydrogens (tertiary/aromatic N) is 2. The second-order valence-electron chi connectivity index (χ2n) is 9.35. The summed E-state index contributed by atoms with van der Waals surface area (Å²) < 4.78 is 6.49. The summed E-state index contributed by atoms with van der Waals surface area (Å²) in [5, 5.41) is 7.33. The van der Waals surface area contributed by atoms with Gasteiger partial charge < -0.3 is 9.64 Å². The molecule has 5 heteroatoms. The van der Waals surface area contributed by atoms with Crippen LogP contribution in [-0.4, -0.2) is 46.3 Å². The van der Waals surface area contributed by atoms with Crippen LogP contribution < -0.4 is 0 Å². The van der Waals surface area contributed by atoms with Crippen LogP contribution in [0.3, 0.4) is 0 Å². The lowest BCUT2D eigenvalue weighted by molar-refractivity contribution is -0.139. The Morgan fingerprint density at radius 1 is 1.03 bits per heavy atom. The highest BCUT2D eigenvalue weighted by Gasteiger charge is 2.41. The number of nitrogens with one attached hydrogen (secondary N) is 1. The van der Waals surface area contributed by atoms with Gasteiger partial charge in [-0.3, -0.25) is 9.89 Å². The average Bonchev–Trinajstić information content (AvgIpc) is 3.52. The standard InChI is InChI=1S/C25H33N3O2/c29-25(20-8-9-20)28-16-4-7-22(23-14-15-26-27-23)24(28)17-30-21-12-10-19(11-13-21)18-5-2-1-3-6-18/h1-3,5-6,14-15,19-22,24H,4,7-13,16-17H2,(H,26,27)/t19?,21?,22-,24?/m1/s1. The van der Waals surface area contributed by atoms with Crippen LogP contribution in [0.2, 0.25) is 0 Å². The van der Waals surface area contributed by atoms with Crippen molar-refractivity contribution >= 4 is 5.91 Å². The number of H-pyrrole nitrogens is 1. The minimum atomic E-state index is 0.124. The Hall–Kier alpha value is -2.14. The second kappa shape index (κ2) is 8.93. The minimum absolute atomic E-state index is 0.124. The molecule has 1 aromatic carbocycles. The van der Waals surface area contributed by atoms with Crippen molar-refractivity contribution < 1.29 is 9.53 Å². The molecular formula is C25H33N3O2. The van der Waals surface area contributed by atoms with E-state index in [1.165, 1.54) is 18.4 Å². The van der Waals surface area contributed by atoms with E-state index in [1.807, 2.05) is 6.20 Å². The monoisotopic (exact) mass is 407 g/mol. The molecular weight excluding hydrogens is 374 g/mol. The van der Waals surface area contributed by atoms with E-state index < -0.39 is 0 Å². The predicted molar refractivity (Wildman–Crippen MR) is 116 cm³/mol. The Balaban J connectivity index is 1.22. The van der Waals surface area contributed by atoms with Crippen LogP contribution in [0.4, 0.5) is 0 Å². The van der Waals surface area contributed by atoms with E-state index in [1.54, 1.807) is 0 Å². The van der Waals surface area contributed by atoms with Crippen LogP contribution in [0.15, 0.2) is 42.6 Å². The Bertz CT molecular complexity index is 810. The molecule has 1 unspecified atom stereocenters. The van der Waals surface area contributed by atoms with E-state index in [2.05, 4.69) is 51.5 Å². The summed E-state index contributed by atoms with van der Waals surface area (Å²) in [6.07, 6.45) is 11.0. The molecule has 30 heavy (non-hydrogen) atoms. The molecule has 0 bridgehead atoms. The first-order valence-electron chi connectivity index (χ1n) is 11.8. The van der Waals surface area contributed by atoms with Crippen molar-refractivity contribution in [1.82, 2.24) is 15.1 Å². The minimum Gasteiger partial charge on any atom is -0.376 e. The van der Waals surface area contributed by atoms with Crippen molar-refractivity contribution in [2.24, 2.45) is 5.92 Å². The molecule has 5 rings (SSSR count). The van der Waals surface area contributed by atoms with Crippen molar-refractivity contribution in [3.63, 3.8) is 0 Å². The van der Waals surface area contributed by atoms with Crippen molar-refractivity contribution in [3.8, 4) is 0 Å². The average molecular weight is 408 g/mol. The lowest BCUT2D eigenvalue weighted by atomic mass is 9.82. The molecule has 1 aliphatic heterocycles. The summed E-state index contributed by atoms with van der Waals surface area (Å²) in [4.78, 5) is 15.1. The number of hydrogen-bond acceptors (Lipinski definition) is 3. The van der Waals surface area contributed by atoms with Gasteiger partial charge in [0, 0.05) is 30.3 Å². The number of benzene rings is 1. The molecule has 2 atom stereocenters. The number of aromatic nitrogens is 2. The number of likely N-dealkylation sites (tertiary alicyclic amines) is 1. The first-order valence-corrected chi connectivity index (χ1v) is 11.8. The third-order valence-electron chi connectivity index (χ3n) is 7.36. The number of piperidine rings is 1. The van der Waals surface area contributed by atoms with E-state index >= 15 is 0 Å². The fourth-order valence-corrected chi connectivity index (χ4v) is 5.46. The zero-order chi connectivity index (χ0) is 20.3. The molecule has 3 fully saturated rings. The first-order chi connectivity index (χ1) is 14.8. The normalized spacial score (nSPS) is 29.7. The molecule has 160 valence electrons. The van der Waals surface area contributed by atoms with Crippen molar-refractivity contribution in [1.29, 1.82) is 0 Å². The third kappa shape index (κ3) is 4.31. The van der Waals surface area contributed by atoms with Crippen LogP contribution in [0.1, 0.15) is 74.5 Å². The SMILES string of the molecule is O=C(C1CC1)N1CCC[C@H](c2ccn[nH]2)C1COC1CCC(c2ccccc2)CC1. The van der Waals surface area contributed by atoms with Gasteiger partial charge in [0.25, 0.3) is 0 Å². The quantitative estimate of drug-likeness (QED) is 0.759. The van der Waals surface area contributed by atoms with Gasteiger partial charge in [-0.25, -0.2) is 0 Å². The maximum atomic E-state index is 13.0. The molecule has 0 spiro atoms. The van der Waals surface area contributed by atoms with Gasteiger partial charge in [-0.15, -0.1) is 0 Å². The largest absolute Gasteiger partial charge is 0.376 e. The summed E-state index contributed by atoms with van der Waals surface area (Å²) in [7, 11) is 0. The second-order valence-corrected chi connectivity index (χ2v) is 9.35. The number of hydrogen-bond donors (Lipinski definition) is 1. The van der Waals surface area contributed by atoms with Gasteiger partial charge in [0.15, 0.2) is 0 Å². The molecule has 1 aromatic heterocycles. The maximum Gasteiger partial charge on any atom is 0.226 e. The fraction of sp³-hybridized carbons (Fsp3) is 0.600. The molecule has 0 radical (unpaired) electrons. The van der Waals surface area contributed by atoms with Gasteiger partial charge in [0.1, 0.15) is 0 Å². The van der Waals surface area contributed by atoms with Crippen molar-refractivity contribution in [2.75, 3.05) is 13.2 Å². The maximum absolute atomic E-state index is 13.0. The molecule has 2 aliphatic carbocycles. The lowest BCUT2D eigenvalue weighted by Gasteiger charge is -2.42. The predicted octanol–water partition coefficient (Wildman–Crippen LogP) is 4.64. The van der Waals surface area contributed by atoms with Gasteiger partial charge >= 0.3 is 0 Å². The van der Waals surface area contributed by atoms with Crippen LogP contribution in [0, 0.1) is 5.92 Å². The Morgan fingerprint density at radius 3 is 2.53 bits per heavy atom. The highest BCUT2D eigenvalue weighted by atomic mass is 16.5. The van der Waals surface area contributed by atoms with Gasteiger partial charge in [-0.1, -0.05) is 30.3 Å². The topological polar surface area (TPSA) is 58.2 Å². The molecule has 5 nitrogen and oxygen atoms in total. The van der Waals surface area contributed by atoms with Gasteiger partial charge in [-0.2, -0.15) is 5.10 Å². The van der Waals surface area contributed by atoms with Crippen LogP contribution in [-0.2, 0) is 9.53 Å². The molecule has 2 aromatic rings. The molecule has 1 amide bonds. The Kier molecular flexibility index (Phi) is 5.89. The molecule has 2 heterocycles. The van der Waals surface area contributed by atoms with E-state index in [0.717, 1.165) is 50.8 Å². The number of carbonyl (C=O) groups is 1. The van der Waals surface area contributed by atoms with Crippen LogP contribution >= 0.6 is 0 Å². The number of aromatic amines is 1. The summed E-state index contributed by atoms with van der Waals surface area (Å²) in [6.45, 7) is 1.51. The summed E-state index contributed by atoms with van der Waals surface area (Å²) in [5.74, 6) is 1.56. The van der Waals surface area contributed by atoms with Gasteiger partial charge in [-0.05, 0) is 68.9 Å². The van der Waals surface area contributed by atoms with E-state index in [-0.39, 0.29) is 12.0 Å². The number of rotatable bonds is 6. The van der Waals surface area contributed by atoms with Crippen molar-refractivity contribution in [2.45, 2.75) is 75.3 Å². The number of carbonyl (C=O) groups excluding carboxylic acids is 1. The zero-order valence-corrected chi connectivity index (χ0v) is 17.7. The van der Waals surface area contributed by atoms with E-state index in [9.17, 15) is 4.79 Å². The molecule has 1 saturated heterocycles. The van der Waals surface area contributed by atoms with Crippen molar-refractivity contribution in [3.05, 3.63) is 53.9 Å².